The average molecular weight is 648 g/mol. The van der Waals surface area contributed by atoms with Gasteiger partial charge in [-0.2, -0.15) is 0 Å². The van der Waals surface area contributed by atoms with E-state index >= 15 is 0 Å². The summed E-state index contributed by atoms with van der Waals surface area (Å²) in [7, 11) is -4.09. The fraction of sp³-hybridized carbons (Fsp3) is 0.806. The van der Waals surface area contributed by atoms with Gasteiger partial charge in [0.15, 0.2) is 0 Å². The molecule has 8 nitrogen and oxygen atoms in total. The molecule has 254 valence electrons. The molecule has 1 amide bonds. The topological polar surface area (TPSA) is 122 Å². The van der Waals surface area contributed by atoms with Crippen LogP contribution in [-0.4, -0.2) is 50.1 Å². The number of benzene rings is 1. The quantitative estimate of drug-likeness (QED) is 0.284. The van der Waals surface area contributed by atoms with Crippen molar-refractivity contribution in [1.29, 1.82) is 0 Å². The summed E-state index contributed by atoms with van der Waals surface area (Å²) in [5.41, 5.74) is 0.155. The predicted octanol–water partition coefficient (Wildman–Crippen LogP) is 6.79. The number of aliphatic hydroxyl groups is 2. The molecule has 0 unspecified atom stereocenters. The number of sulfonamides is 1. The number of amides is 1. The van der Waals surface area contributed by atoms with E-state index in [-0.39, 0.29) is 57.7 Å². The fourth-order valence-corrected chi connectivity index (χ4v) is 11.4. The van der Waals surface area contributed by atoms with Gasteiger partial charge in [-0.15, -0.1) is 0 Å². The molecule has 3 N–H and O–H groups in total. The number of nitrogens with one attached hydrogen (secondary N) is 1. The van der Waals surface area contributed by atoms with Crippen LogP contribution in [0, 0.1) is 57.7 Å². The molecule has 4 fully saturated rings. The smallest absolute Gasteiger partial charge is 0.421 e. The Balaban J connectivity index is 1.20. The molecule has 0 heterocycles. The van der Waals surface area contributed by atoms with Crippen LogP contribution in [0.2, 0.25) is 0 Å². The summed E-state index contributed by atoms with van der Waals surface area (Å²) in [6.45, 7) is 15.9. The molecule has 0 aliphatic heterocycles. The Morgan fingerprint density at radius 2 is 1.64 bits per heavy atom. The Bertz CT molecular complexity index is 1310. The van der Waals surface area contributed by atoms with Crippen molar-refractivity contribution in [3.05, 3.63) is 24.3 Å². The van der Waals surface area contributed by atoms with Crippen LogP contribution in [0.4, 0.5) is 4.79 Å². The molecule has 0 saturated heterocycles. The second-order valence-electron chi connectivity index (χ2n) is 16.6. The maximum atomic E-state index is 12.9. The molecule has 4 aliphatic carbocycles. The van der Waals surface area contributed by atoms with Gasteiger partial charge in [0.05, 0.1) is 30.3 Å². The molecule has 9 heteroatoms. The molecule has 0 aromatic heterocycles. The predicted molar refractivity (Wildman–Crippen MR) is 174 cm³/mol. The normalized spacial score (nSPS) is 38.8. The molecule has 1 aromatic rings. The van der Waals surface area contributed by atoms with Gasteiger partial charge in [-0.3, -0.25) is 0 Å². The van der Waals surface area contributed by atoms with Crippen LogP contribution < -0.4 is 9.46 Å². The molecule has 5 rings (SSSR count). The maximum absolute atomic E-state index is 12.9. The summed E-state index contributed by atoms with van der Waals surface area (Å²) in [6, 6.07) is 6.02. The summed E-state index contributed by atoms with van der Waals surface area (Å²) in [6.07, 6.45) is 6.29. The minimum Gasteiger partial charge on any atom is -0.493 e. The lowest BCUT2D eigenvalue weighted by atomic mass is 9.41. The molecule has 0 radical (unpaired) electrons. The van der Waals surface area contributed by atoms with Crippen molar-refractivity contribution in [3.8, 4) is 5.75 Å². The van der Waals surface area contributed by atoms with E-state index in [0.29, 0.717) is 36.0 Å². The lowest BCUT2D eigenvalue weighted by Gasteiger charge is -2.64. The summed E-state index contributed by atoms with van der Waals surface area (Å²) < 4.78 is 39.1. The third-order valence-corrected chi connectivity index (χ3v) is 14.0. The van der Waals surface area contributed by atoms with E-state index in [0.717, 1.165) is 51.4 Å². The van der Waals surface area contributed by atoms with Crippen LogP contribution in [0.3, 0.4) is 0 Å². The first-order valence-corrected chi connectivity index (χ1v) is 18.8. The highest BCUT2D eigenvalue weighted by Crippen LogP contribution is 2.69. The van der Waals surface area contributed by atoms with Crippen LogP contribution in [-0.2, 0) is 14.8 Å². The van der Waals surface area contributed by atoms with Crippen LogP contribution in [0.15, 0.2) is 29.2 Å². The Labute approximate surface area is 271 Å². The second-order valence-corrected chi connectivity index (χ2v) is 18.3. The number of carbonyl (C=O) groups excluding carboxylic acids is 1. The van der Waals surface area contributed by atoms with Crippen LogP contribution in [0.5, 0.6) is 5.75 Å². The van der Waals surface area contributed by atoms with E-state index in [2.05, 4.69) is 53.2 Å². The minimum absolute atomic E-state index is 0.0269. The molecular formula is C36H57NO7S. The van der Waals surface area contributed by atoms with E-state index in [4.69, 9.17) is 9.47 Å². The van der Waals surface area contributed by atoms with Gasteiger partial charge in [0.25, 0.3) is 10.0 Å². The van der Waals surface area contributed by atoms with Crippen molar-refractivity contribution < 1.29 is 32.9 Å². The molecule has 45 heavy (non-hydrogen) atoms. The number of rotatable bonds is 8. The van der Waals surface area contributed by atoms with Crippen molar-refractivity contribution in [3.63, 3.8) is 0 Å². The highest BCUT2D eigenvalue weighted by atomic mass is 32.2. The van der Waals surface area contributed by atoms with Gasteiger partial charge >= 0.3 is 6.09 Å². The molecular weight excluding hydrogens is 590 g/mol. The first kappa shape index (κ1) is 34.5. The van der Waals surface area contributed by atoms with E-state index in [1.807, 2.05) is 0 Å². The SMILES string of the molecule is CC[C@H]1[C@@H](O)[C@@H]2[C@H](CC[C@]3(C)[C@@H]([C@H](C)COC(=O)NS(=O)(=O)c4ccc(OCC(C)(C)C)cc4)CC[C@@H]23)[C@@]2(C)CC[C@@H](O)C[C@@H]12. The highest BCUT2D eigenvalue weighted by Gasteiger charge is 2.65. The summed E-state index contributed by atoms with van der Waals surface area (Å²) in [5.74, 6) is 2.64. The summed E-state index contributed by atoms with van der Waals surface area (Å²) in [5, 5.41) is 22.5. The third kappa shape index (κ3) is 6.64. The number of hydrogen-bond acceptors (Lipinski definition) is 7. The van der Waals surface area contributed by atoms with Gasteiger partial charge < -0.3 is 19.7 Å². The van der Waals surface area contributed by atoms with Crippen molar-refractivity contribution in [2.45, 2.75) is 117 Å². The number of fused-ring (bicyclic) bond motifs is 5. The van der Waals surface area contributed by atoms with Crippen molar-refractivity contribution in [2.24, 2.45) is 57.7 Å². The minimum atomic E-state index is -4.09. The van der Waals surface area contributed by atoms with Gasteiger partial charge in [0.1, 0.15) is 5.75 Å². The molecule has 4 saturated carbocycles. The van der Waals surface area contributed by atoms with Gasteiger partial charge in [-0.05, 0) is 127 Å². The third-order valence-electron chi connectivity index (χ3n) is 12.7. The number of aliphatic hydroxyl groups excluding tert-OH is 2. The first-order chi connectivity index (χ1) is 21.0. The van der Waals surface area contributed by atoms with Gasteiger partial charge in [-0.25, -0.2) is 17.9 Å². The molecule has 0 spiro atoms. The fourth-order valence-electron chi connectivity index (χ4n) is 10.5. The Kier molecular flexibility index (Phi) is 9.69. The van der Waals surface area contributed by atoms with Crippen LogP contribution in [0.25, 0.3) is 0 Å². The first-order valence-electron chi connectivity index (χ1n) is 17.3. The van der Waals surface area contributed by atoms with Crippen LogP contribution in [0.1, 0.15) is 99.8 Å². The molecule has 4 aliphatic rings. The highest BCUT2D eigenvalue weighted by molar-refractivity contribution is 7.90. The van der Waals surface area contributed by atoms with Crippen molar-refractivity contribution in [1.82, 2.24) is 4.72 Å². The van der Waals surface area contributed by atoms with E-state index < -0.39 is 16.1 Å². The standard InChI is InChI=1S/C36H57NO7S/c1-8-26-30-19-23(38)15-17-36(30,7)29-16-18-35(6)27(13-14-28(35)31(29)32(26)39)22(2)20-43-33(40)37-45(41,42)25-11-9-24(10-12-25)44-21-34(3,4)5/h9-12,22-23,26-32,38-39H,8,13-21H2,1-7H3,(H,37,40)/t22-,23-,26-,27-,28+,29+,30+,31+,32-,35-,36-/m1/s1. The van der Waals surface area contributed by atoms with Crippen molar-refractivity contribution >= 4 is 16.1 Å². The molecule has 1 aromatic carbocycles. The zero-order valence-corrected chi connectivity index (χ0v) is 29.2. The Morgan fingerprint density at radius 1 is 1.00 bits per heavy atom. The summed E-state index contributed by atoms with van der Waals surface area (Å²) >= 11 is 0. The van der Waals surface area contributed by atoms with Gasteiger partial charge in [-0.1, -0.05) is 54.9 Å². The van der Waals surface area contributed by atoms with Gasteiger partial charge in [0.2, 0.25) is 0 Å². The van der Waals surface area contributed by atoms with E-state index in [9.17, 15) is 23.4 Å². The summed E-state index contributed by atoms with van der Waals surface area (Å²) in [4.78, 5) is 12.7. The number of ether oxygens (including phenoxy) is 2. The largest absolute Gasteiger partial charge is 0.493 e. The Hall–Kier alpha value is -1.84. The number of hydrogen-bond donors (Lipinski definition) is 3. The second kappa shape index (κ2) is 12.6. The zero-order chi connectivity index (χ0) is 32.9. The molecule has 11 atom stereocenters. The zero-order valence-electron chi connectivity index (χ0n) is 28.4. The Morgan fingerprint density at radius 3 is 2.29 bits per heavy atom. The van der Waals surface area contributed by atoms with Gasteiger partial charge in [0, 0.05) is 0 Å². The lowest BCUT2D eigenvalue weighted by molar-refractivity contribution is -0.203. The monoisotopic (exact) mass is 647 g/mol. The van der Waals surface area contributed by atoms with Crippen LogP contribution >= 0.6 is 0 Å². The number of carbonyl (C=O) groups is 1. The van der Waals surface area contributed by atoms with E-state index in [1.165, 1.54) is 12.1 Å². The average Bonchev–Trinajstić information content (AvgIpc) is 3.33. The maximum Gasteiger partial charge on any atom is 0.421 e. The lowest BCUT2D eigenvalue weighted by Crippen LogP contribution is -2.62. The molecule has 0 bridgehead atoms. The van der Waals surface area contributed by atoms with Crippen molar-refractivity contribution in [2.75, 3.05) is 13.2 Å². The van der Waals surface area contributed by atoms with E-state index in [1.54, 1.807) is 12.1 Å².